The molecule has 0 spiro atoms. The fourth-order valence-corrected chi connectivity index (χ4v) is 3.16. The van der Waals surface area contributed by atoms with Crippen LogP contribution in [0, 0.1) is 13.8 Å². The number of hydrogen-bond donors (Lipinski definition) is 0. The zero-order valence-corrected chi connectivity index (χ0v) is 16.8. The smallest absolute Gasteiger partial charge is 0.355 e. The molecule has 1 heterocycles. The lowest BCUT2D eigenvalue weighted by Gasteiger charge is -2.28. The first-order chi connectivity index (χ1) is 12.2. The average Bonchev–Trinajstić information content (AvgIpc) is 2.81. The van der Waals surface area contributed by atoms with E-state index in [1.165, 1.54) is 12.0 Å². The van der Waals surface area contributed by atoms with Crippen molar-refractivity contribution in [1.29, 1.82) is 0 Å². The van der Waals surface area contributed by atoms with Gasteiger partial charge in [-0.3, -0.25) is 9.59 Å². The van der Waals surface area contributed by atoms with E-state index < -0.39 is 12.0 Å². The van der Waals surface area contributed by atoms with E-state index in [2.05, 4.69) is 0 Å². The van der Waals surface area contributed by atoms with Crippen molar-refractivity contribution in [2.24, 2.45) is 7.05 Å². The fraction of sp³-hybridized carbons (Fsp3) is 0.632. The van der Waals surface area contributed by atoms with Crippen molar-refractivity contribution in [3.05, 3.63) is 22.5 Å². The van der Waals surface area contributed by atoms with E-state index >= 15 is 0 Å². The van der Waals surface area contributed by atoms with Crippen LogP contribution in [0.2, 0.25) is 0 Å². The number of nitrogens with zero attached hydrogens (tertiary/aromatic N) is 2. The normalized spacial score (nSPS) is 12.0. The van der Waals surface area contributed by atoms with Crippen molar-refractivity contribution in [2.75, 3.05) is 26.9 Å². The highest BCUT2D eigenvalue weighted by Gasteiger charge is 2.32. The molecule has 0 aliphatic heterocycles. The van der Waals surface area contributed by atoms with Crippen LogP contribution in [-0.4, -0.2) is 60.0 Å². The van der Waals surface area contributed by atoms with Gasteiger partial charge < -0.3 is 18.9 Å². The number of ether oxygens (including phenoxy) is 2. The van der Waals surface area contributed by atoms with Crippen molar-refractivity contribution in [3.8, 4) is 0 Å². The van der Waals surface area contributed by atoms with Crippen LogP contribution in [0.4, 0.5) is 0 Å². The topological polar surface area (TPSA) is 77.8 Å². The molecule has 1 aromatic heterocycles. The van der Waals surface area contributed by atoms with Crippen molar-refractivity contribution < 1.29 is 23.9 Å². The standard InChI is InChI=1S/C19H30N2O5/c1-8-10-21(15(22)11-25-7)14(5)18(23)16-12(3)17(19(24)26-9-2)20(6)13(16)4/h14H,8-11H2,1-7H3. The monoisotopic (exact) mass is 366 g/mol. The molecule has 26 heavy (non-hydrogen) atoms. The van der Waals surface area contributed by atoms with Gasteiger partial charge in [0, 0.05) is 32.0 Å². The average molecular weight is 366 g/mol. The first-order valence-electron chi connectivity index (χ1n) is 8.88. The van der Waals surface area contributed by atoms with Crippen LogP contribution in [-0.2, 0) is 21.3 Å². The van der Waals surface area contributed by atoms with E-state index in [-0.39, 0.29) is 24.9 Å². The number of amides is 1. The molecule has 1 atom stereocenters. The van der Waals surface area contributed by atoms with Gasteiger partial charge in [0.1, 0.15) is 12.3 Å². The van der Waals surface area contributed by atoms with Crippen LogP contribution < -0.4 is 0 Å². The zero-order valence-electron chi connectivity index (χ0n) is 16.8. The van der Waals surface area contributed by atoms with Gasteiger partial charge in [0.2, 0.25) is 5.91 Å². The van der Waals surface area contributed by atoms with E-state index in [0.717, 1.165) is 6.42 Å². The number of methoxy groups -OCH3 is 1. The van der Waals surface area contributed by atoms with Gasteiger partial charge in [-0.05, 0) is 39.7 Å². The maximum absolute atomic E-state index is 13.2. The first-order valence-corrected chi connectivity index (χ1v) is 8.88. The minimum Gasteiger partial charge on any atom is -0.461 e. The molecule has 0 fully saturated rings. The maximum atomic E-state index is 13.2. The van der Waals surface area contributed by atoms with Gasteiger partial charge >= 0.3 is 5.97 Å². The van der Waals surface area contributed by atoms with Crippen LogP contribution in [0.15, 0.2) is 0 Å². The van der Waals surface area contributed by atoms with E-state index in [4.69, 9.17) is 9.47 Å². The molecule has 0 aliphatic rings. The van der Waals surface area contributed by atoms with Crippen LogP contribution in [0.3, 0.4) is 0 Å². The van der Waals surface area contributed by atoms with Gasteiger partial charge in [0.15, 0.2) is 5.78 Å². The second kappa shape index (κ2) is 9.52. The quantitative estimate of drug-likeness (QED) is 0.495. The molecule has 1 unspecified atom stereocenters. The summed E-state index contributed by atoms with van der Waals surface area (Å²) in [6.45, 7) is 9.57. The second-order valence-electron chi connectivity index (χ2n) is 6.27. The number of hydrogen-bond acceptors (Lipinski definition) is 5. The van der Waals surface area contributed by atoms with E-state index in [1.807, 2.05) is 6.92 Å². The summed E-state index contributed by atoms with van der Waals surface area (Å²) in [6, 6.07) is -0.646. The zero-order chi connectivity index (χ0) is 20.0. The Labute approximate surface area is 155 Å². The van der Waals surface area contributed by atoms with Gasteiger partial charge in [-0.15, -0.1) is 0 Å². The molecule has 0 N–H and O–H groups in total. The highest BCUT2D eigenvalue weighted by Crippen LogP contribution is 2.24. The molecule has 0 bridgehead atoms. The number of aromatic nitrogens is 1. The molecular weight excluding hydrogens is 336 g/mol. The van der Waals surface area contributed by atoms with Gasteiger partial charge in [-0.2, -0.15) is 0 Å². The molecule has 146 valence electrons. The second-order valence-corrected chi connectivity index (χ2v) is 6.27. The van der Waals surface area contributed by atoms with Gasteiger partial charge in [-0.25, -0.2) is 4.79 Å². The summed E-state index contributed by atoms with van der Waals surface area (Å²) >= 11 is 0. The molecule has 0 radical (unpaired) electrons. The van der Waals surface area contributed by atoms with E-state index in [1.54, 1.807) is 39.3 Å². The highest BCUT2D eigenvalue weighted by molar-refractivity contribution is 6.06. The summed E-state index contributed by atoms with van der Waals surface area (Å²) in [5.41, 5.74) is 2.09. The predicted octanol–water partition coefficient (Wildman–Crippen LogP) is 2.27. The molecular formula is C19H30N2O5. The minimum absolute atomic E-state index is 0.0710. The van der Waals surface area contributed by atoms with Gasteiger partial charge in [0.25, 0.3) is 0 Å². The number of carbonyl (C=O) groups excluding carboxylic acids is 3. The van der Waals surface area contributed by atoms with Crippen LogP contribution in [0.5, 0.6) is 0 Å². The third kappa shape index (κ3) is 4.33. The highest BCUT2D eigenvalue weighted by atomic mass is 16.5. The van der Waals surface area contributed by atoms with Crippen molar-refractivity contribution >= 4 is 17.7 Å². The third-order valence-corrected chi connectivity index (χ3v) is 4.55. The molecule has 0 aliphatic carbocycles. The SMILES string of the molecule is CCCN(C(=O)COC)C(C)C(=O)c1c(C)c(C(=O)OCC)n(C)c1C. The molecule has 0 aromatic carbocycles. The third-order valence-electron chi connectivity index (χ3n) is 4.55. The van der Waals surface area contributed by atoms with Gasteiger partial charge in [0.05, 0.1) is 12.6 Å². The molecule has 0 saturated carbocycles. The van der Waals surface area contributed by atoms with E-state index in [9.17, 15) is 14.4 Å². The fourth-order valence-electron chi connectivity index (χ4n) is 3.16. The number of ketones is 1. The Morgan fingerprint density at radius 2 is 1.81 bits per heavy atom. The predicted molar refractivity (Wildman–Crippen MR) is 98.5 cm³/mol. The lowest BCUT2D eigenvalue weighted by molar-refractivity contribution is -0.136. The van der Waals surface area contributed by atoms with Gasteiger partial charge in [-0.1, -0.05) is 6.92 Å². The Bertz CT molecular complexity index is 678. The van der Waals surface area contributed by atoms with Crippen LogP contribution >= 0.6 is 0 Å². The Balaban J connectivity index is 3.29. The lowest BCUT2D eigenvalue weighted by Crippen LogP contribution is -2.45. The summed E-state index contributed by atoms with van der Waals surface area (Å²) in [5, 5.41) is 0. The Hall–Kier alpha value is -2.15. The molecule has 7 nitrogen and oxygen atoms in total. The molecule has 1 rings (SSSR count). The Morgan fingerprint density at radius 3 is 2.31 bits per heavy atom. The number of Topliss-reactive ketones (excluding diaryl/α,β-unsaturated/α-hetero) is 1. The maximum Gasteiger partial charge on any atom is 0.355 e. The number of carbonyl (C=O) groups is 3. The summed E-state index contributed by atoms with van der Waals surface area (Å²) in [5.74, 6) is -0.876. The number of esters is 1. The van der Waals surface area contributed by atoms with Crippen molar-refractivity contribution in [1.82, 2.24) is 9.47 Å². The Morgan fingerprint density at radius 1 is 1.19 bits per heavy atom. The molecule has 0 saturated heterocycles. The summed E-state index contributed by atoms with van der Waals surface area (Å²) in [7, 11) is 3.18. The largest absolute Gasteiger partial charge is 0.461 e. The molecule has 7 heteroatoms. The summed E-state index contributed by atoms with van der Waals surface area (Å²) in [4.78, 5) is 39.2. The molecule has 1 amide bonds. The summed E-state index contributed by atoms with van der Waals surface area (Å²) < 4.78 is 11.7. The van der Waals surface area contributed by atoms with Crippen molar-refractivity contribution in [3.63, 3.8) is 0 Å². The lowest BCUT2D eigenvalue weighted by atomic mass is 9.99. The van der Waals surface area contributed by atoms with E-state index in [0.29, 0.717) is 29.1 Å². The van der Waals surface area contributed by atoms with Crippen LogP contribution in [0.1, 0.15) is 59.3 Å². The number of rotatable bonds is 9. The summed E-state index contributed by atoms with van der Waals surface area (Å²) in [6.07, 6.45) is 0.730. The molecule has 1 aromatic rings. The van der Waals surface area contributed by atoms with Crippen LogP contribution in [0.25, 0.3) is 0 Å². The first kappa shape index (κ1) is 21.9. The minimum atomic E-state index is -0.646. The Kier molecular flexibility index (Phi) is 8.02. The van der Waals surface area contributed by atoms with Crippen molar-refractivity contribution in [2.45, 2.75) is 47.1 Å².